The van der Waals surface area contributed by atoms with E-state index in [1.807, 2.05) is 54.3 Å². The fraction of sp³-hybridized carbons (Fsp3) is 0.318. The first-order valence-corrected chi connectivity index (χ1v) is 9.12. The summed E-state index contributed by atoms with van der Waals surface area (Å²) in [6.07, 6.45) is 1.90. The summed E-state index contributed by atoms with van der Waals surface area (Å²) < 4.78 is 10.6. The number of hydrogen-bond acceptors (Lipinski definition) is 4. The predicted octanol–water partition coefficient (Wildman–Crippen LogP) is 3.46. The molecule has 0 saturated carbocycles. The topological polar surface area (TPSA) is 42.0 Å². The molecule has 27 heavy (non-hydrogen) atoms. The lowest BCUT2D eigenvalue weighted by molar-refractivity contribution is -0.127. The highest BCUT2D eigenvalue weighted by Gasteiger charge is 2.22. The number of anilines is 1. The van der Waals surface area contributed by atoms with Crippen molar-refractivity contribution < 1.29 is 14.3 Å². The Morgan fingerprint density at radius 2 is 1.59 bits per heavy atom. The lowest BCUT2D eigenvalue weighted by Gasteiger charge is -2.36. The van der Waals surface area contributed by atoms with Crippen molar-refractivity contribution in [2.75, 3.05) is 45.3 Å². The number of rotatable bonds is 5. The molecule has 1 aliphatic rings. The molecule has 142 valence electrons. The SMILES string of the molecule is COc1ccc(/C=C(\C)C(=O)N2CCN(c3ccccc3)CC2)cc1OC. The number of piperazine rings is 1. The lowest BCUT2D eigenvalue weighted by Crippen LogP contribution is -2.49. The fourth-order valence-corrected chi connectivity index (χ4v) is 3.31. The van der Waals surface area contributed by atoms with E-state index in [1.165, 1.54) is 5.69 Å². The smallest absolute Gasteiger partial charge is 0.249 e. The number of para-hydroxylation sites is 1. The van der Waals surface area contributed by atoms with Crippen LogP contribution in [0, 0.1) is 0 Å². The molecule has 0 aromatic heterocycles. The second-order valence-electron chi connectivity index (χ2n) is 6.56. The van der Waals surface area contributed by atoms with Gasteiger partial charge in [-0.05, 0) is 42.8 Å². The molecule has 2 aromatic rings. The third-order valence-electron chi connectivity index (χ3n) is 4.82. The van der Waals surface area contributed by atoms with Crippen LogP contribution in [0.4, 0.5) is 5.69 Å². The molecule has 1 aliphatic heterocycles. The van der Waals surface area contributed by atoms with Crippen LogP contribution < -0.4 is 14.4 Å². The molecule has 0 N–H and O–H groups in total. The summed E-state index contributed by atoms with van der Waals surface area (Å²) in [5.74, 6) is 1.41. The van der Waals surface area contributed by atoms with Gasteiger partial charge >= 0.3 is 0 Å². The van der Waals surface area contributed by atoms with Crippen molar-refractivity contribution in [3.05, 3.63) is 59.7 Å². The van der Waals surface area contributed by atoms with Gasteiger partial charge in [0.05, 0.1) is 14.2 Å². The van der Waals surface area contributed by atoms with Crippen LogP contribution in [0.25, 0.3) is 6.08 Å². The van der Waals surface area contributed by atoms with Gasteiger partial charge in [0, 0.05) is 37.4 Å². The van der Waals surface area contributed by atoms with Gasteiger partial charge in [-0.3, -0.25) is 4.79 Å². The van der Waals surface area contributed by atoms with Crippen LogP contribution in [-0.2, 0) is 4.79 Å². The molecule has 1 fully saturated rings. The monoisotopic (exact) mass is 366 g/mol. The molecule has 0 aliphatic carbocycles. The van der Waals surface area contributed by atoms with E-state index >= 15 is 0 Å². The number of hydrogen-bond donors (Lipinski definition) is 0. The molecule has 0 bridgehead atoms. The first-order valence-electron chi connectivity index (χ1n) is 9.12. The average molecular weight is 366 g/mol. The summed E-state index contributed by atoms with van der Waals surface area (Å²) in [6, 6.07) is 16.0. The molecule has 2 aromatic carbocycles. The first-order chi connectivity index (χ1) is 13.1. The van der Waals surface area contributed by atoms with E-state index in [1.54, 1.807) is 14.2 Å². The van der Waals surface area contributed by atoms with Gasteiger partial charge in [-0.1, -0.05) is 24.3 Å². The fourth-order valence-electron chi connectivity index (χ4n) is 3.31. The Balaban J connectivity index is 1.65. The molecule has 0 spiro atoms. The molecule has 5 nitrogen and oxygen atoms in total. The second kappa shape index (κ2) is 8.62. The highest BCUT2D eigenvalue weighted by molar-refractivity contribution is 5.97. The van der Waals surface area contributed by atoms with E-state index in [9.17, 15) is 4.79 Å². The molecular weight excluding hydrogens is 340 g/mol. The Morgan fingerprint density at radius 1 is 0.926 bits per heavy atom. The zero-order valence-corrected chi connectivity index (χ0v) is 16.1. The minimum absolute atomic E-state index is 0.0810. The van der Waals surface area contributed by atoms with E-state index < -0.39 is 0 Å². The van der Waals surface area contributed by atoms with Crippen molar-refractivity contribution in [1.29, 1.82) is 0 Å². The van der Waals surface area contributed by atoms with Crippen LogP contribution >= 0.6 is 0 Å². The maximum absolute atomic E-state index is 12.8. The molecule has 0 unspecified atom stereocenters. The van der Waals surface area contributed by atoms with Gasteiger partial charge in [0.2, 0.25) is 5.91 Å². The highest BCUT2D eigenvalue weighted by atomic mass is 16.5. The van der Waals surface area contributed by atoms with Crippen molar-refractivity contribution in [1.82, 2.24) is 4.90 Å². The third kappa shape index (κ3) is 4.42. The summed E-state index contributed by atoms with van der Waals surface area (Å²) in [6.45, 7) is 5.01. The largest absolute Gasteiger partial charge is 0.493 e. The van der Waals surface area contributed by atoms with Gasteiger partial charge in [-0.2, -0.15) is 0 Å². The number of carbonyl (C=O) groups excluding carboxylic acids is 1. The summed E-state index contributed by atoms with van der Waals surface area (Å²) in [5.41, 5.74) is 2.85. The maximum Gasteiger partial charge on any atom is 0.249 e. The second-order valence-corrected chi connectivity index (χ2v) is 6.56. The normalized spacial score (nSPS) is 14.9. The van der Waals surface area contributed by atoms with Gasteiger partial charge in [0.15, 0.2) is 11.5 Å². The molecule has 5 heteroatoms. The Hall–Kier alpha value is -2.95. The van der Waals surface area contributed by atoms with Crippen molar-refractivity contribution in [2.45, 2.75) is 6.92 Å². The number of nitrogens with zero attached hydrogens (tertiary/aromatic N) is 2. The number of methoxy groups -OCH3 is 2. The summed E-state index contributed by atoms with van der Waals surface area (Å²) in [5, 5.41) is 0. The Bertz CT molecular complexity index is 810. The van der Waals surface area contributed by atoms with E-state index in [2.05, 4.69) is 17.0 Å². The molecular formula is C22H26N2O3. The Labute approximate surface area is 160 Å². The zero-order valence-electron chi connectivity index (χ0n) is 16.1. The Kier molecular flexibility index (Phi) is 6.01. The van der Waals surface area contributed by atoms with Gasteiger partial charge in [0.1, 0.15) is 0 Å². The average Bonchev–Trinajstić information content (AvgIpc) is 2.73. The van der Waals surface area contributed by atoms with Gasteiger partial charge in [0.25, 0.3) is 0 Å². The van der Waals surface area contributed by atoms with E-state index in [0.717, 1.165) is 37.3 Å². The highest BCUT2D eigenvalue weighted by Crippen LogP contribution is 2.28. The predicted molar refractivity (Wildman–Crippen MR) is 108 cm³/mol. The maximum atomic E-state index is 12.8. The standard InChI is InChI=1S/C22H26N2O3/c1-17(15-18-9-10-20(26-2)21(16-18)27-3)22(25)24-13-11-23(12-14-24)19-7-5-4-6-8-19/h4-10,15-16H,11-14H2,1-3H3/b17-15+. The van der Waals surface area contributed by atoms with E-state index in [-0.39, 0.29) is 5.91 Å². The number of amides is 1. The van der Waals surface area contributed by atoms with E-state index in [4.69, 9.17) is 9.47 Å². The minimum Gasteiger partial charge on any atom is -0.493 e. The van der Waals surface area contributed by atoms with Crippen LogP contribution in [0.3, 0.4) is 0 Å². The van der Waals surface area contributed by atoms with Gasteiger partial charge < -0.3 is 19.3 Å². The van der Waals surface area contributed by atoms with Crippen molar-refractivity contribution in [3.63, 3.8) is 0 Å². The molecule has 0 radical (unpaired) electrons. The molecule has 0 atom stereocenters. The minimum atomic E-state index is 0.0810. The van der Waals surface area contributed by atoms with Crippen LogP contribution in [0.2, 0.25) is 0 Å². The molecule has 1 amide bonds. The van der Waals surface area contributed by atoms with Crippen molar-refractivity contribution in [3.8, 4) is 11.5 Å². The molecule has 3 rings (SSSR count). The quantitative estimate of drug-likeness (QED) is 0.760. The molecule has 1 heterocycles. The van der Waals surface area contributed by atoms with Crippen molar-refractivity contribution >= 4 is 17.7 Å². The summed E-state index contributed by atoms with van der Waals surface area (Å²) in [4.78, 5) is 17.0. The van der Waals surface area contributed by atoms with Gasteiger partial charge in [-0.25, -0.2) is 0 Å². The Morgan fingerprint density at radius 3 is 2.22 bits per heavy atom. The zero-order chi connectivity index (χ0) is 19.2. The van der Waals surface area contributed by atoms with Crippen molar-refractivity contribution in [2.24, 2.45) is 0 Å². The van der Waals surface area contributed by atoms with E-state index in [0.29, 0.717) is 11.5 Å². The van der Waals surface area contributed by atoms with Crippen LogP contribution in [0.15, 0.2) is 54.1 Å². The lowest BCUT2D eigenvalue weighted by atomic mass is 10.1. The number of ether oxygens (including phenoxy) is 2. The number of carbonyl (C=O) groups is 1. The van der Waals surface area contributed by atoms with Gasteiger partial charge in [-0.15, -0.1) is 0 Å². The van der Waals surface area contributed by atoms with Crippen LogP contribution in [0.1, 0.15) is 12.5 Å². The summed E-state index contributed by atoms with van der Waals surface area (Å²) >= 11 is 0. The van der Waals surface area contributed by atoms with Crippen LogP contribution in [0.5, 0.6) is 11.5 Å². The third-order valence-corrected chi connectivity index (χ3v) is 4.82. The first kappa shape index (κ1) is 18.8. The summed E-state index contributed by atoms with van der Waals surface area (Å²) in [7, 11) is 3.22. The molecule has 1 saturated heterocycles. The number of benzene rings is 2. The van der Waals surface area contributed by atoms with Crippen LogP contribution in [-0.4, -0.2) is 51.2 Å².